The van der Waals surface area contributed by atoms with Crippen molar-refractivity contribution in [2.75, 3.05) is 21.3 Å². The van der Waals surface area contributed by atoms with Gasteiger partial charge in [-0.05, 0) is 0 Å². The van der Waals surface area contributed by atoms with Gasteiger partial charge in [-0.15, -0.1) is 0 Å². The Morgan fingerprint density at radius 2 is 1.38 bits per heavy atom. The third-order valence-electron chi connectivity index (χ3n) is 0.881. The first kappa shape index (κ1) is 15.7. The van der Waals surface area contributed by atoms with E-state index in [0.29, 0.717) is 0 Å². The number of hydrogen-bond acceptors (Lipinski definition) is 7. The SMILES string of the molecule is COP(=O)(O)OP(=O)(OC)OC.N. The Hall–Kier alpha value is 0.220. The molecule has 0 rings (SSSR count). The fourth-order valence-corrected chi connectivity index (χ4v) is 2.26. The van der Waals surface area contributed by atoms with Gasteiger partial charge >= 0.3 is 15.6 Å². The van der Waals surface area contributed by atoms with Crippen molar-refractivity contribution in [3.63, 3.8) is 0 Å². The van der Waals surface area contributed by atoms with Crippen LogP contribution in [-0.2, 0) is 27.0 Å². The third kappa shape index (κ3) is 5.51. The maximum Gasteiger partial charge on any atom is 0.483 e. The van der Waals surface area contributed by atoms with E-state index in [9.17, 15) is 9.13 Å². The molecule has 10 heteroatoms. The van der Waals surface area contributed by atoms with Crippen molar-refractivity contribution in [2.45, 2.75) is 0 Å². The molecule has 82 valence electrons. The van der Waals surface area contributed by atoms with Crippen LogP contribution in [0, 0.1) is 0 Å². The van der Waals surface area contributed by atoms with Crippen molar-refractivity contribution in [1.82, 2.24) is 6.15 Å². The highest BCUT2D eigenvalue weighted by molar-refractivity contribution is 7.61. The summed E-state index contributed by atoms with van der Waals surface area (Å²) in [6, 6.07) is 0. The van der Waals surface area contributed by atoms with Gasteiger partial charge in [-0.1, -0.05) is 0 Å². The van der Waals surface area contributed by atoms with Crippen molar-refractivity contribution in [3.05, 3.63) is 0 Å². The standard InChI is InChI=1S/C3H10O7P2.H3N/c1-7-11(4,5)10-12(6,8-2)9-3;/h1-3H3,(H,4,5);1H3. The minimum Gasteiger partial charge on any atom is -0.344 e. The van der Waals surface area contributed by atoms with E-state index >= 15 is 0 Å². The van der Waals surface area contributed by atoms with Crippen LogP contribution in [0.1, 0.15) is 0 Å². The fraction of sp³-hybridized carbons (Fsp3) is 1.00. The summed E-state index contributed by atoms with van der Waals surface area (Å²) >= 11 is 0. The van der Waals surface area contributed by atoms with Gasteiger partial charge in [0.25, 0.3) is 0 Å². The molecule has 0 aliphatic carbocycles. The fourth-order valence-electron chi connectivity index (χ4n) is 0.301. The van der Waals surface area contributed by atoms with Gasteiger partial charge in [-0.25, -0.2) is 9.13 Å². The molecule has 8 nitrogen and oxygen atoms in total. The number of phosphoric ester groups is 2. The molecule has 0 heterocycles. The highest BCUT2D eigenvalue weighted by Crippen LogP contribution is 2.62. The second-order valence-electron chi connectivity index (χ2n) is 1.55. The molecule has 0 aromatic rings. The summed E-state index contributed by atoms with van der Waals surface area (Å²) in [5.74, 6) is 0. The van der Waals surface area contributed by atoms with Crippen molar-refractivity contribution in [3.8, 4) is 0 Å². The Kier molecular flexibility index (Phi) is 7.05. The van der Waals surface area contributed by atoms with Crippen LogP contribution < -0.4 is 6.15 Å². The van der Waals surface area contributed by atoms with Gasteiger partial charge in [-0.3, -0.25) is 13.6 Å². The van der Waals surface area contributed by atoms with Crippen molar-refractivity contribution in [1.29, 1.82) is 0 Å². The first-order valence-electron chi connectivity index (χ1n) is 2.70. The Morgan fingerprint density at radius 1 is 1.00 bits per heavy atom. The van der Waals surface area contributed by atoms with Gasteiger partial charge < -0.3 is 11.0 Å². The maximum absolute atomic E-state index is 11.0. The topological polar surface area (TPSA) is 126 Å². The average Bonchev–Trinajstić information content (AvgIpc) is 2.04. The molecule has 0 spiro atoms. The molecule has 4 N–H and O–H groups in total. The second kappa shape index (κ2) is 5.85. The average molecular weight is 237 g/mol. The van der Waals surface area contributed by atoms with E-state index < -0.39 is 15.6 Å². The van der Waals surface area contributed by atoms with E-state index in [1.165, 1.54) is 0 Å². The van der Waals surface area contributed by atoms with Crippen LogP contribution in [0.25, 0.3) is 0 Å². The third-order valence-corrected chi connectivity index (χ3v) is 3.86. The normalized spacial score (nSPS) is 16.0. The molecule has 0 amide bonds. The van der Waals surface area contributed by atoms with E-state index in [1.54, 1.807) is 0 Å². The van der Waals surface area contributed by atoms with Crippen LogP contribution in [0.4, 0.5) is 0 Å². The zero-order chi connectivity index (χ0) is 9.83. The molecule has 1 unspecified atom stereocenters. The van der Waals surface area contributed by atoms with E-state index in [1.807, 2.05) is 0 Å². The van der Waals surface area contributed by atoms with Crippen LogP contribution in [0.3, 0.4) is 0 Å². The van der Waals surface area contributed by atoms with Gasteiger partial charge in [0.1, 0.15) is 0 Å². The van der Waals surface area contributed by atoms with Gasteiger partial charge in [0.05, 0.1) is 0 Å². The molecule has 0 aliphatic rings. The lowest BCUT2D eigenvalue weighted by Crippen LogP contribution is -1.94. The Bertz CT molecular complexity index is 222. The summed E-state index contributed by atoms with van der Waals surface area (Å²) in [6.45, 7) is 0. The molecule has 0 saturated carbocycles. The minimum atomic E-state index is -4.34. The van der Waals surface area contributed by atoms with E-state index in [0.717, 1.165) is 21.3 Å². The van der Waals surface area contributed by atoms with E-state index in [-0.39, 0.29) is 6.15 Å². The van der Waals surface area contributed by atoms with Crippen LogP contribution in [-0.4, -0.2) is 26.2 Å². The molecule has 13 heavy (non-hydrogen) atoms. The predicted octanol–water partition coefficient (Wildman–Crippen LogP) is 1.31. The van der Waals surface area contributed by atoms with Gasteiger partial charge in [-0.2, -0.15) is 4.31 Å². The summed E-state index contributed by atoms with van der Waals surface area (Å²) in [5.41, 5.74) is 0. The molecular weight excluding hydrogens is 224 g/mol. The molecule has 0 saturated heterocycles. The molecule has 0 aromatic carbocycles. The Morgan fingerprint density at radius 3 is 1.62 bits per heavy atom. The zero-order valence-electron chi connectivity index (χ0n) is 7.50. The summed E-state index contributed by atoms with van der Waals surface area (Å²) in [4.78, 5) is 8.70. The van der Waals surface area contributed by atoms with Crippen molar-refractivity contribution >= 4 is 15.6 Å². The van der Waals surface area contributed by atoms with Gasteiger partial charge in [0, 0.05) is 21.3 Å². The largest absolute Gasteiger partial charge is 0.483 e. The molecule has 0 aromatic heterocycles. The molecular formula is C3H13NO7P2. The highest BCUT2D eigenvalue weighted by Gasteiger charge is 2.35. The number of hydrogen-bond donors (Lipinski definition) is 2. The summed E-state index contributed by atoms with van der Waals surface area (Å²) < 4.78 is 38.3. The highest BCUT2D eigenvalue weighted by atomic mass is 31.3. The number of rotatable bonds is 5. The quantitative estimate of drug-likeness (QED) is 0.685. The molecule has 0 radical (unpaired) electrons. The Labute approximate surface area is 76.0 Å². The summed E-state index contributed by atoms with van der Waals surface area (Å²) in [6.07, 6.45) is 0. The molecule has 1 atom stereocenters. The zero-order valence-corrected chi connectivity index (χ0v) is 9.29. The van der Waals surface area contributed by atoms with Crippen LogP contribution in [0.2, 0.25) is 0 Å². The first-order valence-corrected chi connectivity index (χ1v) is 5.66. The van der Waals surface area contributed by atoms with Gasteiger partial charge in [0.15, 0.2) is 0 Å². The molecule has 0 fully saturated rings. The van der Waals surface area contributed by atoms with E-state index in [4.69, 9.17) is 4.89 Å². The van der Waals surface area contributed by atoms with Crippen LogP contribution in [0.5, 0.6) is 0 Å². The number of phosphoric acid groups is 2. The monoisotopic (exact) mass is 237 g/mol. The lowest BCUT2D eigenvalue weighted by atomic mass is 11.8. The lowest BCUT2D eigenvalue weighted by molar-refractivity contribution is 0.171. The van der Waals surface area contributed by atoms with Gasteiger partial charge in [0.2, 0.25) is 0 Å². The second-order valence-corrected chi connectivity index (χ2v) is 5.13. The summed E-state index contributed by atoms with van der Waals surface area (Å²) in [7, 11) is -5.34. The smallest absolute Gasteiger partial charge is 0.344 e. The van der Waals surface area contributed by atoms with Crippen molar-refractivity contribution in [2.24, 2.45) is 0 Å². The lowest BCUT2D eigenvalue weighted by Gasteiger charge is -2.15. The predicted molar refractivity (Wildman–Crippen MR) is 44.6 cm³/mol. The summed E-state index contributed by atoms with van der Waals surface area (Å²) in [5, 5.41) is 0. The van der Waals surface area contributed by atoms with Crippen LogP contribution >= 0.6 is 15.6 Å². The van der Waals surface area contributed by atoms with Crippen LogP contribution in [0.15, 0.2) is 0 Å². The Balaban J connectivity index is 0. The minimum absolute atomic E-state index is 0. The molecule has 0 bridgehead atoms. The maximum atomic E-state index is 11.0. The molecule has 0 aliphatic heterocycles. The van der Waals surface area contributed by atoms with Crippen molar-refractivity contribution < 1.29 is 31.9 Å². The van der Waals surface area contributed by atoms with E-state index in [2.05, 4.69) is 17.9 Å². The first-order chi connectivity index (χ1) is 5.39.